The number of ether oxygens (including phenoxy) is 2. The van der Waals surface area contributed by atoms with Gasteiger partial charge in [0.05, 0.1) is 12.1 Å². The van der Waals surface area contributed by atoms with Crippen molar-refractivity contribution in [3.05, 3.63) is 48.2 Å². The van der Waals surface area contributed by atoms with Gasteiger partial charge in [0.2, 0.25) is 0 Å². The molecular formula is C18H20N2O3S. The van der Waals surface area contributed by atoms with E-state index < -0.39 is 0 Å². The van der Waals surface area contributed by atoms with Gasteiger partial charge in [-0.2, -0.15) is 0 Å². The van der Waals surface area contributed by atoms with Crippen molar-refractivity contribution in [1.29, 1.82) is 0 Å². The second-order valence-corrected chi connectivity index (χ2v) is 6.20. The van der Waals surface area contributed by atoms with Gasteiger partial charge >= 0.3 is 0 Å². The highest BCUT2D eigenvalue weighted by Gasteiger charge is 2.26. The average Bonchev–Trinajstić information content (AvgIpc) is 2.65. The Morgan fingerprint density at radius 1 is 1.29 bits per heavy atom. The summed E-state index contributed by atoms with van der Waals surface area (Å²) in [7, 11) is 0. The highest BCUT2D eigenvalue weighted by Crippen LogP contribution is 2.31. The molecule has 0 bridgehead atoms. The lowest BCUT2D eigenvalue weighted by atomic mass is 10.2. The fourth-order valence-corrected chi connectivity index (χ4v) is 3.18. The van der Waals surface area contributed by atoms with E-state index in [9.17, 15) is 4.79 Å². The number of amides is 1. The first-order valence-corrected chi connectivity index (χ1v) is 9.12. The molecule has 2 aromatic rings. The summed E-state index contributed by atoms with van der Waals surface area (Å²) in [5.74, 6) is 1.45. The van der Waals surface area contributed by atoms with Gasteiger partial charge in [0, 0.05) is 12.7 Å². The number of benzene rings is 1. The van der Waals surface area contributed by atoms with Crippen LogP contribution in [0.2, 0.25) is 0 Å². The average molecular weight is 344 g/mol. The summed E-state index contributed by atoms with van der Waals surface area (Å²) in [6.45, 7) is 3.48. The number of carbonyl (C=O) groups is 1. The van der Waals surface area contributed by atoms with Gasteiger partial charge in [0.1, 0.15) is 11.6 Å². The van der Waals surface area contributed by atoms with Crippen LogP contribution in [0.4, 0.5) is 0 Å². The topological polar surface area (TPSA) is 51.7 Å². The zero-order valence-corrected chi connectivity index (χ0v) is 14.6. The minimum Gasteiger partial charge on any atom is -0.486 e. The van der Waals surface area contributed by atoms with E-state index >= 15 is 0 Å². The number of fused-ring (bicyclic) bond motifs is 1. The molecule has 0 saturated heterocycles. The van der Waals surface area contributed by atoms with Crippen molar-refractivity contribution in [2.75, 3.05) is 26.0 Å². The van der Waals surface area contributed by atoms with Crippen LogP contribution in [0.25, 0.3) is 0 Å². The molecular weight excluding hydrogens is 324 g/mol. The van der Waals surface area contributed by atoms with Crippen molar-refractivity contribution in [3.8, 4) is 11.5 Å². The summed E-state index contributed by atoms with van der Waals surface area (Å²) in [6, 6.07) is 11.2. The number of nitrogens with zero attached hydrogens (tertiary/aromatic N) is 2. The summed E-state index contributed by atoms with van der Waals surface area (Å²) < 4.78 is 11.7. The second kappa shape index (κ2) is 7.57. The van der Waals surface area contributed by atoms with E-state index in [4.69, 9.17) is 9.47 Å². The largest absolute Gasteiger partial charge is 0.486 e. The smallest absolute Gasteiger partial charge is 0.256 e. The molecule has 0 spiro atoms. The van der Waals surface area contributed by atoms with Gasteiger partial charge < -0.3 is 14.4 Å². The van der Waals surface area contributed by atoms with Gasteiger partial charge in [-0.25, -0.2) is 4.98 Å². The molecule has 3 rings (SSSR count). The van der Waals surface area contributed by atoms with Crippen molar-refractivity contribution in [2.45, 2.75) is 18.1 Å². The molecule has 1 aliphatic heterocycles. The first-order valence-electron chi connectivity index (χ1n) is 7.89. The third kappa shape index (κ3) is 3.48. The molecule has 0 aliphatic carbocycles. The number of rotatable bonds is 5. The quantitative estimate of drug-likeness (QED) is 0.780. The highest BCUT2D eigenvalue weighted by atomic mass is 32.2. The number of hydrogen-bond donors (Lipinski definition) is 0. The summed E-state index contributed by atoms with van der Waals surface area (Å²) in [5.41, 5.74) is 0.629. The Labute approximate surface area is 146 Å². The maximum absolute atomic E-state index is 12.9. The van der Waals surface area contributed by atoms with E-state index in [2.05, 4.69) is 4.98 Å². The molecule has 2 heterocycles. The Hall–Kier alpha value is -2.21. The van der Waals surface area contributed by atoms with Crippen LogP contribution in [0, 0.1) is 0 Å². The zero-order valence-electron chi connectivity index (χ0n) is 13.8. The van der Waals surface area contributed by atoms with E-state index in [-0.39, 0.29) is 12.0 Å². The van der Waals surface area contributed by atoms with Gasteiger partial charge in [0.25, 0.3) is 5.91 Å². The van der Waals surface area contributed by atoms with E-state index in [1.807, 2.05) is 43.5 Å². The van der Waals surface area contributed by atoms with Crippen molar-refractivity contribution in [3.63, 3.8) is 0 Å². The number of para-hydroxylation sites is 2. The predicted molar refractivity (Wildman–Crippen MR) is 93.9 cm³/mol. The molecule has 1 atom stereocenters. The molecule has 5 nitrogen and oxygen atoms in total. The fourth-order valence-electron chi connectivity index (χ4n) is 2.64. The molecule has 6 heteroatoms. The molecule has 0 saturated carbocycles. The van der Waals surface area contributed by atoms with Crippen LogP contribution in [0.5, 0.6) is 11.5 Å². The standard InChI is InChI=1S/C18H20N2O3S/c1-3-20(18(21)14-7-6-10-19-17(14)24-2)11-13-12-22-15-8-4-5-9-16(15)23-13/h4-10,13H,3,11-12H2,1-2H3/t13-/m0/s1. The molecule has 0 N–H and O–H groups in total. The number of aromatic nitrogens is 1. The molecule has 1 aromatic carbocycles. The number of thioether (sulfide) groups is 1. The minimum absolute atomic E-state index is 0.0302. The maximum Gasteiger partial charge on any atom is 0.256 e. The SMILES string of the molecule is CCN(C[C@H]1COc2ccccc2O1)C(=O)c1cccnc1SC. The Morgan fingerprint density at radius 2 is 2.08 bits per heavy atom. The van der Waals surface area contributed by atoms with Crippen molar-refractivity contribution >= 4 is 17.7 Å². The molecule has 1 aliphatic rings. The monoisotopic (exact) mass is 344 g/mol. The molecule has 126 valence electrons. The van der Waals surface area contributed by atoms with Crippen LogP contribution in [-0.2, 0) is 0 Å². The third-order valence-corrected chi connectivity index (χ3v) is 4.57. The highest BCUT2D eigenvalue weighted by molar-refractivity contribution is 7.98. The summed E-state index contributed by atoms with van der Waals surface area (Å²) >= 11 is 1.47. The number of likely N-dealkylation sites (N-methyl/N-ethyl adjacent to an activating group) is 1. The normalized spacial score (nSPS) is 15.8. The number of pyridine rings is 1. The molecule has 1 amide bonds. The minimum atomic E-state index is -0.182. The van der Waals surface area contributed by atoms with Crippen LogP contribution >= 0.6 is 11.8 Å². The zero-order chi connectivity index (χ0) is 16.9. The van der Waals surface area contributed by atoms with Crippen LogP contribution in [0.15, 0.2) is 47.6 Å². The van der Waals surface area contributed by atoms with E-state index in [1.165, 1.54) is 11.8 Å². The second-order valence-electron chi connectivity index (χ2n) is 5.40. The van der Waals surface area contributed by atoms with Crippen molar-refractivity contribution < 1.29 is 14.3 Å². The fraction of sp³-hybridized carbons (Fsp3) is 0.333. The summed E-state index contributed by atoms with van der Waals surface area (Å²) in [4.78, 5) is 18.9. The Kier molecular flexibility index (Phi) is 5.25. The Morgan fingerprint density at radius 3 is 2.83 bits per heavy atom. The van der Waals surface area contributed by atoms with Crippen molar-refractivity contribution in [1.82, 2.24) is 9.88 Å². The van der Waals surface area contributed by atoms with Gasteiger partial charge in [-0.05, 0) is 37.4 Å². The van der Waals surface area contributed by atoms with Crippen LogP contribution in [0.3, 0.4) is 0 Å². The lowest BCUT2D eigenvalue weighted by molar-refractivity contribution is 0.0472. The van der Waals surface area contributed by atoms with Crippen LogP contribution in [0.1, 0.15) is 17.3 Å². The molecule has 0 fully saturated rings. The number of carbonyl (C=O) groups excluding carboxylic acids is 1. The van der Waals surface area contributed by atoms with Crippen LogP contribution in [-0.4, -0.2) is 47.8 Å². The first kappa shape index (κ1) is 16.6. The lowest BCUT2D eigenvalue weighted by Crippen LogP contribution is -2.43. The van der Waals surface area contributed by atoms with Gasteiger partial charge in [-0.1, -0.05) is 12.1 Å². The van der Waals surface area contributed by atoms with E-state index in [1.54, 1.807) is 17.2 Å². The molecule has 24 heavy (non-hydrogen) atoms. The van der Waals surface area contributed by atoms with Crippen LogP contribution < -0.4 is 9.47 Å². The molecule has 0 unspecified atom stereocenters. The van der Waals surface area contributed by atoms with Gasteiger partial charge in [-0.15, -0.1) is 11.8 Å². The first-order chi connectivity index (χ1) is 11.7. The van der Waals surface area contributed by atoms with Gasteiger partial charge in [0.15, 0.2) is 17.6 Å². The van der Waals surface area contributed by atoms with Gasteiger partial charge in [-0.3, -0.25) is 4.79 Å². The van der Waals surface area contributed by atoms with E-state index in [0.29, 0.717) is 25.3 Å². The third-order valence-electron chi connectivity index (χ3n) is 3.86. The lowest BCUT2D eigenvalue weighted by Gasteiger charge is -2.31. The maximum atomic E-state index is 12.9. The Balaban J connectivity index is 1.72. The predicted octanol–water partition coefficient (Wildman–Crippen LogP) is 3.11. The molecule has 0 radical (unpaired) electrons. The van der Waals surface area contributed by atoms with E-state index in [0.717, 1.165) is 16.5 Å². The van der Waals surface area contributed by atoms with Crippen molar-refractivity contribution in [2.24, 2.45) is 0 Å². The Bertz CT molecular complexity index is 723. The summed E-state index contributed by atoms with van der Waals surface area (Å²) in [6.07, 6.45) is 3.44. The summed E-state index contributed by atoms with van der Waals surface area (Å²) in [5, 5.41) is 0.743. The number of hydrogen-bond acceptors (Lipinski definition) is 5. The molecule has 1 aromatic heterocycles.